The lowest BCUT2D eigenvalue weighted by atomic mass is 9.90. The van der Waals surface area contributed by atoms with E-state index in [-0.39, 0.29) is 12.0 Å². The number of fused-ring (bicyclic) bond motifs is 4. The Morgan fingerprint density at radius 3 is 2.02 bits per heavy atom. The summed E-state index contributed by atoms with van der Waals surface area (Å²) in [7, 11) is 0. The maximum Gasteiger partial charge on any atom is 0.128 e. The molecule has 0 saturated heterocycles. The Morgan fingerprint density at radius 2 is 1.12 bits per heavy atom. The largest absolute Gasteiger partial charge is 0.485 e. The molecule has 1 aliphatic carbocycles. The van der Waals surface area contributed by atoms with Crippen LogP contribution in [0.15, 0.2) is 188 Å². The molecule has 228 valence electrons. The van der Waals surface area contributed by atoms with Gasteiger partial charge in [0.15, 0.2) is 0 Å². The summed E-state index contributed by atoms with van der Waals surface area (Å²) in [4.78, 5) is 2.39. The minimum absolute atomic E-state index is 0.0629. The van der Waals surface area contributed by atoms with Crippen molar-refractivity contribution >= 4 is 27.8 Å². The van der Waals surface area contributed by atoms with Crippen LogP contribution in [0.4, 0.5) is 17.1 Å². The SMILES string of the molecule is C1=CC2Oc3ccc(-c4ccccc4N(c4ccc(-c5ccccc5)cc4)c4cccc(-c5ccc6ccccc6c5)c4)cc3C2C=C1. The van der Waals surface area contributed by atoms with Gasteiger partial charge in [0.1, 0.15) is 11.9 Å². The van der Waals surface area contributed by atoms with Crippen LogP contribution in [-0.4, -0.2) is 6.10 Å². The Hall–Kier alpha value is -6.12. The highest BCUT2D eigenvalue weighted by Crippen LogP contribution is 2.46. The summed E-state index contributed by atoms with van der Waals surface area (Å²) in [6.45, 7) is 0. The number of nitrogens with zero attached hydrogens (tertiary/aromatic N) is 1. The molecule has 2 nitrogen and oxygen atoms in total. The van der Waals surface area contributed by atoms with Gasteiger partial charge in [-0.3, -0.25) is 0 Å². The van der Waals surface area contributed by atoms with Crippen LogP contribution in [-0.2, 0) is 0 Å². The molecule has 0 aromatic heterocycles. The first-order valence-corrected chi connectivity index (χ1v) is 16.6. The molecule has 48 heavy (non-hydrogen) atoms. The van der Waals surface area contributed by atoms with E-state index < -0.39 is 0 Å². The number of benzene rings is 7. The molecule has 2 aliphatic rings. The fourth-order valence-electron chi connectivity index (χ4n) is 7.18. The van der Waals surface area contributed by atoms with Gasteiger partial charge in [0, 0.05) is 28.4 Å². The zero-order chi connectivity index (χ0) is 31.9. The summed E-state index contributed by atoms with van der Waals surface area (Å²) in [6, 6.07) is 59.1. The van der Waals surface area contributed by atoms with E-state index in [4.69, 9.17) is 4.74 Å². The summed E-state index contributed by atoms with van der Waals surface area (Å²) in [6.07, 6.45) is 8.68. The van der Waals surface area contributed by atoms with E-state index >= 15 is 0 Å². The van der Waals surface area contributed by atoms with Crippen molar-refractivity contribution in [2.45, 2.75) is 12.0 Å². The molecule has 7 aromatic rings. The molecule has 0 saturated carbocycles. The third-order valence-corrected chi connectivity index (χ3v) is 9.59. The van der Waals surface area contributed by atoms with E-state index in [1.807, 2.05) is 0 Å². The lowest BCUT2D eigenvalue weighted by Gasteiger charge is -2.28. The molecule has 2 atom stereocenters. The average molecular weight is 616 g/mol. The first-order valence-electron chi connectivity index (χ1n) is 16.6. The quantitative estimate of drug-likeness (QED) is 0.185. The average Bonchev–Trinajstić information content (AvgIpc) is 3.54. The van der Waals surface area contributed by atoms with E-state index in [0.717, 1.165) is 22.8 Å². The van der Waals surface area contributed by atoms with Gasteiger partial charge in [0.25, 0.3) is 0 Å². The van der Waals surface area contributed by atoms with Gasteiger partial charge in [0.05, 0.1) is 5.69 Å². The second-order valence-corrected chi connectivity index (χ2v) is 12.5. The van der Waals surface area contributed by atoms with Gasteiger partial charge in [-0.1, -0.05) is 133 Å². The maximum absolute atomic E-state index is 6.30. The highest BCUT2D eigenvalue weighted by atomic mass is 16.5. The van der Waals surface area contributed by atoms with Crippen LogP contribution in [0.25, 0.3) is 44.2 Å². The van der Waals surface area contributed by atoms with Crippen molar-refractivity contribution in [3.05, 3.63) is 194 Å². The van der Waals surface area contributed by atoms with Gasteiger partial charge in [0.2, 0.25) is 0 Å². The summed E-state index contributed by atoms with van der Waals surface area (Å²) < 4.78 is 6.30. The Morgan fingerprint density at radius 1 is 0.438 bits per heavy atom. The number of allylic oxidation sites excluding steroid dienone is 2. The van der Waals surface area contributed by atoms with Crippen molar-refractivity contribution in [3.8, 4) is 39.1 Å². The summed E-state index contributed by atoms with van der Waals surface area (Å²) in [5, 5.41) is 2.49. The second-order valence-electron chi connectivity index (χ2n) is 12.5. The molecule has 0 radical (unpaired) electrons. The molecular formula is C46H33NO. The molecule has 1 heterocycles. The van der Waals surface area contributed by atoms with Gasteiger partial charge < -0.3 is 9.64 Å². The van der Waals surface area contributed by atoms with E-state index in [2.05, 4.69) is 193 Å². The van der Waals surface area contributed by atoms with Crippen molar-refractivity contribution in [2.24, 2.45) is 0 Å². The van der Waals surface area contributed by atoms with Gasteiger partial charge in [-0.2, -0.15) is 0 Å². The topological polar surface area (TPSA) is 12.5 Å². The van der Waals surface area contributed by atoms with Crippen molar-refractivity contribution in [1.82, 2.24) is 0 Å². The third-order valence-electron chi connectivity index (χ3n) is 9.59. The number of anilines is 3. The molecular weight excluding hydrogens is 583 g/mol. The molecule has 9 rings (SSSR count). The Labute approximate surface area is 281 Å². The number of hydrogen-bond acceptors (Lipinski definition) is 2. The van der Waals surface area contributed by atoms with Gasteiger partial charge in [-0.25, -0.2) is 0 Å². The first-order chi connectivity index (χ1) is 23.8. The maximum atomic E-state index is 6.30. The fraction of sp³-hybridized carbons (Fsp3) is 0.0435. The van der Waals surface area contributed by atoms with Gasteiger partial charge >= 0.3 is 0 Å². The van der Waals surface area contributed by atoms with Crippen LogP contribution in [0.2, 0.25) is 0 Å². The van der Waals surface area contributed by atoms with Crippen molar-refractivity contribution in [3.63, 3.8) is 0 Å². The van der Waals surface area contributed by atoms with Crippen LogP contribution >= 0.6 is 0 Å². The third kappa shape index (κ3) is 5.09. The first kappa shape index (κ1) is 28.1. The fourth-order valence-corrected chi connectivity index (χ4v) is 7.18. The van der Waals surface area contributed by atoms with Crippen LogP contribution in [0.1, 0.15) is 11.5 Å². The summed E-state index contributed by atoms with van der Waals surface area (Å²) >= 11 is 0. The number of hydrogen-bond donors (Lipinski definition) is 0. The van der Waals surface area contributed by atoms with E-state index in [9.17, 15) is 0 Å². The zero-order valence-electron chi connectivity index (χ0n) is 26.4. The minimum atomic E-state index is 0.0629. The van der Waals surface area contributed by atoms with Crippen LogP contribution < -0.4 is 9.64 Å². The van der Waals surface area contributed by atoms with Gasteiger partial charge in [-0.15, -0.1) is 0 Å². The normalized spacial score (nSPS) is 15.9. The monoisotopic (exact) mass is 615 g/mol. The lowest BCUT2D eigenvalue weighted by Crippen LogP contribution is -2.15. The van der Waals surface area contributed by atoms with Crippen LogP contribution in [0.3, 0.4) is 0 Å². The highest BCUT2D eigenvalue weighted by molar-refractivity contribution is 5.91. The molecule has 0 N–H and O–H groups in total. The van der Waals surface area contributed by atoms with E-state index in [0.29, 0.717) is 0 Å². The van der Waals surface area contributed by atoms with Crippen LogP contribution in [0.5, 0.6) is 5.75 Å². The molecule has 0 fully saturated rings. The Bertz CT molecular complexity index is 2330. The molecule has 0 spiro atoms. The number of para-hydroxylation sites is 1. The molecule has 1 aliphatic heterocycles. The summed E-state index contributed by atoms with van der Waals surface area (Å²) in [5.41, 5.74) is 11.7. The van der Waals surface area contributed by atoms with Crippen LogP contribution in [0, 0.1) is 0 Å². The molecule has 2 unspecified atom stereocenters. The second kappa shape index (κ2) is 11.9. The molecule has 0 bridgehead atoms. The summed E-state index contributed by atoms with van der Waals surface area (Å²) in [5.74, 6) is 1.20. The Kier molecular flexibility index (Phi) is 6.98. The molecule has 2 heteroatoms. The number of ether oxygens (including phenoxy) is 1. The smallest absolute Gasteiger partial charge is 0.128 e. The van der Waals surface area contributed by atoms with E-state index in [1.165, 1.54) is 49.7 Å². The Balaban J connectivity index is 1.18. The predicted octanol–water partition coefficient (Wildman–Crippen LogP) is 12.3. The minimum Gasteiger partial charge on any atom is -0.485 e. The van der Waals surface area contributed by atoms with Crippen molar-refractivity contribution in [1.29, 1.82) is 0 Å². The lowest BCUT2D eigenvalue weighted by molar-refractivity contribution is 0.269. The molecule has 7 aromatic carbocycles. The highest BCUT2D eigenvalue weighted by Gasteiger charge is 2.32. The zero-order valence-corrected chi connectivity index (χ0v) is 26.4. The standard InChI is InChI=1S/C46H33NO/c1-2-11-32(12-3-1)34-23-26-39(27-24-34)47(40-16-10-15-36(30-40)37-22-21-33-13-4-5-14-35(33)29-37)44-19-8-6-17-41(44)38-25-28-46-43(31-38)42-18-7-9-20-45(42)48-46/h1-31,42,45H. The van der Waals surface area contributed by atoms with E-state index in [1.54, 1.807) is 0 Å². The number of rotatable bonds is 6. The van der Waals surface area contributed by atoms with Gasteiger partial charge in [-0.05, 0) is 93.2 Å². The van der Waals surface area contributed by atoms with Crippen molar-refractivity contribution < 1.29 is 4.74 Å². The van der Waals surface area contributed by atoms with Crippen molar-refractivity contribution in [2.75, 3.05) is 4.90 Å². The molecule has 0 amide bonds. The predicted molar refractivity (Wildman–Crippen MR) is 200 cm³/mol.